The van der Waals surface area contributed by atoms with Crippen LogP contribution in [0.4, 0.5) is 5.69 Å². The van der Waals surface area contributed by atoms with Gasteiger partial charge in [-0.2, -0.15) is 5.10 Å². The molecule has 0 spiro atoms. The summed E-state index contributed by atoms with van der Waals surface area (Å²) in [5.74, 6) is -0.909. The fourth-order valence-corrected chi connectivity index (χ4v) is 3.22. The second kappa shape index (κ2) is 10.5. The minimum Gasteiger partial charge on any atom is -0.489 e. The van der Waals surface area contributed by atoms with Gasteiger partial charge in [0.15, 0.2) is 0 Å². The number of hydrazone groups is 1. The number of nitrogens with one attached hydrogen (secondary N) is 2. The van der Waals surface area contributed by atoms with E-state index in [1.165, 1.54) is 11.8 Å². The molecule has 31 heavy (non-hydrogen) atoms. The van der Waals surface area contributed by atoms with Crippen LogP contribution in [0, 0.1) is 13.8 Å². The van der Waals surface area contributed by atoms with E-state index in [9.17, 15) is 9.59 Å². The van der Waals surface area contributed by atoms with Crippen molar-refractivity contribution in [2.75, 3.05) is 5.32 Å². The second-order valence-corrected chi connectivity index (χ2v) is 7.81. The van der Waals surface area contributed by atoms with E-state index in [0.717, 1.165) is 26.9 Å². The summed E-state index contributed by atoms with van der Waals surface area (Å²) >= 11 is 3.36. The molecule has 0 radical (unpaired) electrons. The molecule has 158 valence electrons. The zero-order valence-electron chi connectivity index (χ0n) is 17.2. The van der Waals surface area contributed by atoms with Crippen molar-refractivity contribution in [3.8, 4) is 5.75 Å². The summed E-state index contributed by atoms with van der Waals surface area (Å²) in [5.41, 5.74) is 6.70. The molecule has 6 nitrogen and oxygen atoms in total. The third kappa shape index (κ3) is 6.52. The maximum atomic E-state index is 12.0. The summed E-state index contributed by atoms with van der Waals surface area (Å²) in [6, 6.07) is 20.7. The Morgan fingerprint density at radius 1 is 0.968 bits per heavy atom. The molecule has 0 aromatic heterocycles. The van der Waals surface area contributed by atoms with Crippen molar-refractivity contribution in [3.63, 3.8) is 0 Å². The molecule has 0 bridgehead atoms. The van der Waals surface area contributed by atoms with E-state index in [1.54, 1.807) is 12.1 Å². The maximum absolute atomic E-state index is 12.0. The van der Waals surface area contributed by atoms with E-state index in [4.69, 9.17) is 4.74 Å². The van der Waals surface area contributed by atoms with E-state index in [2.05, 4.69) is 31.8 Å². The van der Waals surface area contributed by atoms with Gasteiger partial charge >= 0.3 is 11.8 Å². The number of halogens is 1. The molecule has 0 saturated heterocycles. The molecular formula is C24H22BrN3O3. The number of aryl methyl sites for hydroxylation is 2. The Balaban J connectivity index is 1.49. The highest BCUT2D eigenvalue weighted by Gasteiger charge is 2.14. The lowest BCUT2D eigenvalue weighted by molar-refractivity contribution is -0.136. The minimum absolute atomic E-state index is 0.489. The Morgan fingerprint density at radius 3 is 2.42 bits per heavy atom. The first-order valence-corrected chi connectivity index (χ1v) is 10.4. The van der Waals surface area contributed by atoms with E-state index in [0.29, 0.717) is 12.3 Å². The highest BCUT2D eigenvalue weighted by Crippen LogP contribution is 2.20. The Hall–Kier alpha value is -3.45. The van der Waals surface area contributed by atoms with Gasteiger partial charge in [-0.1, -0.05) is 40.2 Å². The van der Waals surface area contributed by atoms with Crippen molar-refractivity contribution < 1.29 is 14.3 Å². The van der Waals surface area contributed by atoms with Crippen molar-refractivity contribution in [1.82, 2.24) is 5.43 Å². The molecule has 7 heteroatoms. The smallest absolute Gasteiger partial charge is 0.329 e. The molecule has 3 aromatic rings. The van der Waals surface area contributed by atoms with Gasteiger partial charge in [-0.25, -0.2) is 5.43 Å². The van der Waals surface area contributed by atoms with E-state index >= 15 is 0 Å². The van der Waals surface area contributed by atoms with Gasteiger partial charge in [0.05, 0.1) is 6.21 Å². The van der Waals surface area contributed by atoms with Crippen molar-refractivity contribution >= 4 is 39.6 Å². The number of carbonyl (C=O) groups is 2. The van der Waals surface area contributed by atoms with Crippen LogP contribution in [0.1, 0.15) is 22.3 Å². The number of benzene rings is 3. The summed E-state index contributed by atoms with van der Waals surface area (Å²) in [4.78, 5) is 24.0. The third-order valence-corrected chi connectivity index (χ3v) is 5.05. The van der Waals surface area contributed by atoms with Crippen LogP contribution in [0.25, 0.3) is 0 Å². The van der Waals surface area contributed by atoms with Gasteiger partial charge in [0.25, 0.3) is 0 Å². The van der Waals surface area contributed by atoms with Crippen LogP contribution < -0.4 is 15.5 Å². The molecule has 3 rings (SSSR count). The number of carbonyl (C=O) groups excluding carboxylic acids is 2. The topological polar surface area (TPSA) is 79.8 Å². The van der Waals surface area contributed by atoms with Crippen molar-refractivity contribution in [3.05, 3.63) is 93.5 Å². The van der Waals surface area contributed by atoms with Gasteiger partial charge in [-0.05, 0) is 78.6 Å². The monoisotopic (exact) mass is 479 g/mol. The average Bonchev–Trinajstić information content (AvgIpc) is 2.76. The third-order valence-electron chi connectivity index (χ3n) is 4.56. The first-order chi connectivity index (χ1) is 14.9. The quantitative estimate of drug-likeness (QED) is 0.304. The van der Waals surface area contributed by atoms with Crippen LogP contribution >= 0.6 is 15.9 Å². The van der Waals surface area contributed by atoms with Crippen LogP contribution in [0.5, 0.6) is 5.75 Å². The average molecular weight is 480 g/mol. The zero-order chi connectivity index (χ0) is 22.2. The molecule has 0 aliphatic rings. The summed E-state index contributed by atoms with van der Waals surface area (Å²) in [7, 11) is 0. The number of ether oxygens (including phenoxy) is 1. The summed E-state index contributed by atoms with van der Waals surface area (Å²) in [6.45, 7) is 4.38. The minimum atomic E-state index is -0.850. The van der Waals surface area contributed by atoms with E-state index in [1.807, 2.05) is 68.4 Å². The van der Waals surface area contributed by atoms with Crippen LogP contribution in [-0.2, 0) is 16.2 Å². The maximum Gasteiger partial charge on any atom is 0.329 e. The summed E-state index contributed by atoms with van der Waals surface area (Å²) in [5, 5.41) is 6.40. The predicted molar refractivity (Wildman–Crippen MR) is 125 cm³/mol. The first kappa shape index (κ1) is 22.2. The first-order valence-electron chi connectivity index (χ1n) is 9.60. The van der Waals surface area contributed by atoms with Crippen LogP contribution in [0.3, 0.4) is 0 Å². The lowest BCUT2D eigenvalue weighted by atomic mass is 10.1. The van der Waals surface area contributed by atoms with Crippen LogP contribution in [0.2, 0.25) is 0 Å². The summed E-state index contributed by atoms with van der Waals surface area (Å²) < 4.78 is 6.70. The van der Waals surface area contributed by atoms with Crippen LogP contribution in [-0.4, -0.2) is 18.0 Å². The standard InChI is InChI=1S/C24H22BrN3O3/c1-16-5-3-4-6-19(16)15-31-21-10-7-18(8-11-21)14-26-28-24(30)23(29)27-22-12-9-20(25)13-17(22)2/h3-14H,15H2,1-2H3,(H,27,29)(H,28,30). The Labute approximate surface area is 189 Å². The predicted octanol–water partition coefficient (Wildman–Crippen LogP) is 4.73. The van der Waals surface area contributed by atoms with Crippen molar-refractivity contribution in [1.29, 1.82) is 0 Å². The van der Waals surface area contributed by atoms with Gasteiger partial charge in [-0.3, -0.25) is 9.59 Å². The largest absolute Gasteiger partial charge is 0.489 e. The van der Waals surface area contributed by atoms with Crippen molar-refractivity contribution in [2.24, 2.45) is 5.10 Å². The molecule has 0 unspecified atom stereocenters. The molecule has 0 aliphatic heterocycles. The number of hydrogen-bond acceptors (Lipinski definition) is 4. The SMILES string of the molecule is Cc1ccccc1COc1ccc(C=NNC(=O)C(=O)Nc2ccc(Br)cc2C)cc1. The second-order valence-electron chi connectivity index (χ2n) is 6.90. The number of rotatable bonds is 6. The summed E-state index contributed by atoms with van der Waals surface area (Å²) in [6.07, 6.45) is 1.46. The fourth-order valence-electron chi connectivity index (χ4n) is 2.75. The highest BCUT2D eigenvalue weighted by molar-refractivity contribution is 9.10. The normalized spacial score (nSPS) is 10.7. The van der Waals surface area contributed by atoms with Crippen LogP contribution in [0.15, 0.2) is 76.3 Å². The number of amides is 2. The number of hydrogen-bond donors (Lipinski definition) is 2. The zero-order valence-corrected chi connectivity index (χ0v) is 18.8. The number of anilines is 1. The van der Waals surface area contributed by atoms with Gasteiger partial charge in [0.1, 0.15) is 12.4 Å². The van der Waals surface area contributed by atoms with Gasteiger partial charge in [-0.15, -0.1) is 0 Å². The van der Waals surface area contributed by atoms with E-state index < -0.39 is 11.8 Å². The van der Waals surface area contributed by atoms with Gasteiger partial charge < -0.3 is 10.1 Å². The highest BCUT2D eigenvalue weighted by atomic mass is 79.9. The van der Waals surface area contributed by atoms with Gasteiger partial charge in [0, 0.05) is 10.2 Å². The van der Waals surface area contributed by atoms with E-state index in [-0.39, 0.29) is 0 Å². The van der Waals surface area contributed by atoms with Crippen molar-refractivity contribution in [2.45, 2.75) is 20.5 Å². The number of nitrogens with zero attached hydrogens (tertiary/aromatic N) is 1. The molecule has 0 heterocycles. The Kier molecular flexibility index (Phi) is 7.56. The molecule has 2 amide bonds. The lowest BCUT2D eigenvalue weighted by Gasteiger charge is -2.08. The molecule has 0 saturated carbocycles. The molecular weight excluding hydrogens is 458 g/mol. The molecule has 2 N–H and O–H groups in total. The molecule has 3 aromatic carbocycles. The van der Waals surface area contributed by atoms with Gasteiger partial charge in [0.2, 0.25) is 0 Å². The molecule has 0 aliphatic carbocycles. The lowest BCUT2D eigenvalue weighted by Crippen LogP contribution is -2.32. The molecule has 0 atom stereocenters. The fraction of sp³-hybridized carbons (Fsp3) is 0.125. The Bertz CT molecular complexity index is 1110. The molecule has 0 fully saturated rings. The Morgan fingerprint density at radius 2 is 1.71 bits per heavy atom.